The summed E-state index contributed by atoms with van der Waals surface area (Å²) in [7, 11) is 0. The number of amides is 2. The van der Waals surface area contributed by atoms with Crippen LogP contribution in [0.25, 0.3) is 10.9 Å². The maximum atomic E-state index is 13.1. The topological polar surface area (TPSA) is 53.5 Å². The summed E-state index contributed by atoms with van der Waals surface area (Å²) in [6, 6.07) is 11.8. The minimum atomic E-state index is -0.0475. The number of fused-ring (bicyclic) bond motifs is 5. The Kier molecular flexibility index (Phi) is 3.69. The zero-order valence-electron chi connectivity index (χ0n) is 14.8. The van der Waals surface area contributed by atoms with Gasteiger partial charge in [-0.25, -0.2) is 4.98 Å². The summed E-state index contributed by atoms with van der Waals surface area (Å²) >= 11 is 0. The second-order valence-corrected chi connectivity index (χ2v) is 7.96. The molecule has 0 N–H and O–H groups in total. The lowest BCUT2D eigenvalue weighted by Crippen LogP contribution is -2.48. The van der Waals surface area contributed by atoms with Gasteiger partial charge in [-0.1, -0.05) is 24.3 Å². The van der Waals surface area contributed by atoms with Gasteiger partial charge in [0.2, 0.25) is 5.91 Å². The first-order chi connectivity index (χ1) is 12.7. The molecule has 2 aromatic rings. The smallest absolute Gasteiger partial charge is 0.272 e. The summed E-state index contributed by atoms with van der Waals surface area (Å²) < 4.78 is 0. The van der Waals surface area contributed by atoms with Crippen LogP contribution in [0.15, 0.2) is 36.4 Å². The first-order valence-corrected chi connectivity index (χ1v) is 9.64. The molecule has 1 aromatic carbocycles. The summed E-state index contributed by atoms with van der Waals surface area (Å²) in [6.07, 6.45) is 4.40. The Hall–Kier alpha value is -2.43. The van der Waals surface area contributed by atoms with Crippen molar-refractivity contribution in [3.8, 4) is 0 Å². The van der Waals surface area contributed by atoms with Gasteiger partial charge in [0, 0.05) is 31.1 Å². The number of piperidine rings is 1. The molecule has 2 amide bonds. The third-order valence-electron chi connectivity index (χ3n) is 6.05. The van der Waals surface area contributed by atoms with Crippen LogP contribution in [0.3, 0.4) is 0 Å². The lowest BCUT2D eigenvalue weighted by molar-refractivity contribution is -0.140. The first kappa shape index (κ1) is 15.8. The van der Waals surface area contributed by atoms with Crippen molar-refractivity contribution in [2.24, 2.45) is 11.8 Å². The Morgan fingerprint density at radius 1 is 1.04 bits per heavy atom. The zero-order valence-corrected chi connectivity index (χ0v) is 14.8. The number of carbonyl (C=O) groups excluding carboxylic acids is 2. The maximum Gasteiger partial charge on any atom is 0.272 e. The molecule has 4 fully saturated rings. The van der Waals surface area contributed by atoms with E-state index in [1.54, 1.807) is 6.07 Å². The zero-order chi connectivity index (χ0) is 17.7. The van der Waals surface area contributed by atoms with E-state index in [1.165, 1.54) is 12.8 Å². The van der Waals surface area contributed by atoms with E-state index < -0.39 is 0 Å². The van der Waals surface area contributed by atoms with E-state index in [4.69, 9.17) is 0 Å². The van der Waals surface area contributed by atoms with Crippen LogP contribution in [0.5, 0.6) is 0 Å². The molecule has 2 bridgehead atoms. The van der Waals surface area contributed by atoms with Gasteiger partial charge in [0.05, 0.1) is 11.4 Å². The summed E-state index contributed by atoms with van der Waals surface area (Å²) in [5.74, 6) is 0.852. The van der Waals surface area contributed by atoms with E-state index >= 15 is 0 Å². The molecule has 1 saturated carbocycles. The number of nitrogens with zero attached hydrogens (tertiary/aromatic N) is 3. The van der Waals surface area contributed by atoms with E-state index in [9.17, 15) is 9.59 Å². The van der Waals surface area contributed by atoms with E-state index in [1.807, 2.05) is 35.2 Å². The fourth-order valence-electron chi connectivity index (χ4n) is 4.37. The molecule has 3 aliphatic heterocycles. The fraction of sp³-hybridized carbons (Fsp3) is 0.476. The highest BCUT2D eigenvalue weighted by atomic mass is 16.2. The first-order valence-electron chi connectivity index (χ1n) is 9.64. The van der Waals surface area contributed by atoms with E-state index in [-0.39, 0.29) is 23.8 Å². The molecular formula is C21H23N3O2. The van der Waals surface area contributed by atoms with Gasteiger partial charge in [0.25, 0.3) is 5.91 Å². The van der Waals surface area contributed by atoms with Crippen LogP contribution in [-0.4, -0.2) is 52.3 Å². The molecule has 134 valence electrons. The van der Waals surface area contributed by atoms with Crippen molar-refractivity contribution in [2.75, 3.05) is 19.6 Å². The SMILES string of the molecule is O=C(c1ccc2ccccc2n1)N1C[C@@H]2CC[C@H](C1)N(CC1CC1)C2=O. The van der Waals surface area contributed by atoms with Crippen LogP contribution >= 0.6 is 0 Å². The number of aromatic nitrogens is 1. The number of rotatable bonds is 3. The number of hydrogen-bond donors (Lipinski definition) is 0. The van der Waals surface area contributed by atoms with Crippen molar-refractivity contribution in [1.82, 2.24) is 14.8 Å². The van der Waals surface area contributed by atoms with Crippen LogP contribution in [0.1, 0.15) is 36.2 Å². The van der Waals surface area contributed by atoms with Crippen molar-refractivity contribution >= 4 is 22.7 Å². The Labute approximate surface area is 153 Å². The van der Waals surface area contributed by atoms with Gasteiger partial charge in [-0.05, 0) is 43.7 Å². The van der Waals surface area contributed by atoms with Gasteiger partial charge in [0.1, 0.15) is 5.69 Å². The highest BCUT2D eigenvalue weighted by molar-refractivity contribution is 5.95. The molecule has 0 radical (unpaired) electrons. The van der Waals surface area contributed by atoms with Crippen molar-refractivity contribution in [3.05, 3.63) is 42.1 Å². The molecule has 3 saturated heterocycles. The monoisotopic (exact) mass is 349 g/mol. The average Bonchev–Trinajstić information content (AvgIpc) is 3.51. The third kappa shape index (κ3) is 2.75. The van der Waals surface area contributed by atoms with Crippen LogP contribution < -0.4 is 0 Å². The lowest BCUT2D eigenvalue weighted by atomic mass is 9.94. The predicted molar refractivity (Wildman–Crippen MR) is 98.6 cm³/mol. The van der Waals surface area contributed by atoms with Crippen molar-refractivity contribution in [3.63, 3.8) is 0 Å². The quantitative estimate of drug-likeness (QED) is 0.856. The maximum absolute atomic E-state index is 13.1. The second kappa shape index (κ2) is 6.08. The Balaban J connectivity index is 1.40. The number of pyridine rings is 1. The summed E-state index contributed by atoms with van der Waals surface area (Å²) in [6.45, 7) is 2.06. The molecule has 1 aliphatic carbocycles. The molecule has 1 aromatic heterocycles. The van der Waals surface area contributed by atoms with Gasteiger partial charge in [-0.3, -0.25) is 9.59 Å². The predicted octanol–water partition coefficient (Wildman–Crippen LogP) is 2.71. The Morgan fingerprint density at radius 2 is 1.88 bits per heavy atom. The van der Waals surface area contributed by atoms with E-state index in [0.717, 1.165) is 30.3 Å². The van der Waals surface area contributed by atoms with E-state index in [0.29, 0.717) is 24.7 Å². The van der Waals surface area contributed by atoms with Gasteiger partial charge in [-0.15, -0.1) is 0 Å². The summed E-state index contributed by atoms with van der Waals surface area (Å²) in [5.41, 5.74) is 1.31. The molecule has 5 nitrogen and oxygen atoms in total. The van der Waals surface area contributed by atoms with Crippen molar-refractivity contribution in [2.45, 2.75) is 31.7 Å². The molecule has 2 atom stereocenters. The van der Waals surface area contributed by atoms with Crippen molar-refractivity contribution in [1.29, 1.82) is 0 Å². The van der Waals surface area contributed by atoms with Gasteiger partial charge >= 0.3 is 0 Å². The van der Waals surface area contributed by atoms with Crippen LogP contribution in [0.2, 0.25) is 0 Å². The number of carbonyl (C=O) groups is 2. The van der Waals surface area contributed by atoms with Gasteiger partial charge in [0.15, 0.2) is 0 Å². The summed E-state index contributed by atoms with van der Waals surface area (Å²) in [5, 5.41) is 1.03. The molecule has 0 spiro atoms. The van der Waals surface area contributed by atoms with Crippen LogP contribution in [0.4, 0.5) is 0 Å². The highest BCUT2D eigenvalue weighted by Gasteiger charge is 2.43. The Morgan fingerprint density at radius 3 is 2.73 bits per heavy atom. The summed E-state index contributed by atoms with van der Waals surface area (Å²) in [4.78, 5) is 34.4. The fourth-order valence-corrected chi connectivity index (χ4v) is 4.37. The minimum Gasteiger partial charge on any atom is -0.337 e. The van der Waals surface area contributed by atoms with E-state index in [2.05, 4.69) is 9.88 Å². The molecule has 6 rings (SSSR count). The molecule has 0 unspecified atom stereocenters. The largest absolute Gasteiger partial charge is 0.337 e. The third-order valence-corrected chi connectivity index (χ3v) is 6.05. The normalized spacial score (nSPS) is 25.6. The molecule has 4 aliphatic rings. The lowest BCUT2D eigenvalue weighted by Gasteiger charge is -2.36. The number of para-hydroxylation sites is 1. The molecule has 5 heteroatoms. The molecular weight excluding hydrogens is 326 g/mol. The van der Waals surface area contributed by atoms with Crippen molar-refractivity contribution < 1.29 is 9.59 Å². The average molecular weight is 349 g/mol. The van der Waals surface area contributed by atoms with Crippen LogP contribution in [-0.2, 0) is 4.79 Å². The van der Waals surface area contributed by atoms with Gasteiger partial charge in [-0.2, -0.15) is 0 Å². The minimum absolute atomic E-state index is 0.0445. The van der Waals surface area contributed by atoms with Gasteiger partial charge < -0.3 is 9.80 Å². The molecule has 26 heavy (non-hydrogen) atoms. The standard InChI is InChI=1S/C21H23N3O2/c25-20-16-7-9-17(24(20)11-14-5-6-14)13-23(12-16)21(26)19-10-8-15-3-1-2-4-18(15)22-19/h1-4,8,10,14,16-17H,5-7,9,11-13H2/t16-,17+/m0/s1. The number of hydrogen-bond acceptors (Lipinski definition) is 3. The Bertz CT molecular complexity index is 876. The van der Waals surface area contributed by atoms with Crippen LogP contribution in [0, 0.1) is 11.8 Å². The number of benzene rings is 1. The highest BCUT2D eigenvalue weighted by Crippen LogP contribution is 2.35. The molecule has 4 heterocycles. The second-order valence-electron chi connectivity index (χ2n) is 7.96.